The van der Waals surface area contributed by atoms with E-state index in [1.54, 1.807) is 19.1 Å². The molecule has 0 saturated heterocycles. The highest BCUT2D eigenvalue weighted by Crippen LogP contribution is 2.43. The third kappa shape index (κ3) is 4.30. The first kappa shape index (κ1) is 20.0. The van der Waals surface area contributed by atoms with Gasteiger partial charge in [-0.05, 0) is 25.1 Å². The molecule has 0 saturated carbocycles. The summed E-state index contributed by atoms with van der Waals surface area (Å²) in [5.41, 5.74) is 1.81. The molecule has 1 rings (SSSR count). The highest BCUT2D eigenvalue weighted by Gasteiger charge is 2.34. The monoisotopic (exact) mass is 356 g/mol. The van der Waals surface area contributed by atoms with Crippen molar-refractivity contribution in [2.24, 2.45) is 0 Å². The first-order valence-corrected chi connectivity index (χ1v) is 10.8. The van der Waals surface area contributed by atoms with Crippen LogP contribution >= 0.6 is 11.6 Å². The molecule has 0 radical (unpaired) electrons. The summed E-state index contributed by atoms with van der Waals surface area (Å²) in [6, 6.07) is 5.26. The quantitative estimate of drug-likeness (QED) is 0.439. The normalized spacial score (nSPS) is 12.1. The summed E-state index contributed by atoms with van der Waals surface area (Å²) in [6.07, 6.45) is 0. The van der Waals surface area contributed by atoms with Crippen molar-refractivity contribution in [3.05, 3.63) is 28.8 Å². The molecule has 1 aromatic carbocycles. The maximum Gasteiger partial charge on any atom is 0.339 e. The average molecular weight is 357 g/mol. The van der Waals surface area contributed by atoms with E-state index >= 15 is 0 Å². The number of carbonyl (C=O) groups excluding carboxylic acids is 1. The molecule has 0 aliphatic rings. The lowest BCUT2D eigenvalue weighted by atomic mass is 10.2. The molecule has 3 nitrogen and oxygen atoms in total. The van der Waals surface area contributed by atoms with Crippen molar-refractivity contribution in [2.45, 2.75) is 65.1 Å². The van der Waals surface area contributed by atoms with E-state index in [-0.39, 0.29) is 0 Å². The van der Waals surface area contributed by atoms with E-state index in [0.717, 1.165) is 5.75 Å². The van der Waals surface area contributed by atoms with Crippen LogP contribution in [0.4, 0.5) is 0 Å². The Bertz CT molecular complexity index is 519. The van der Waals surface area contributed by atoms with Gasteiger partial charge in [-0.15, -0.1) is 16.6 Å². The number of benzene rings is 1. The second-order valence-corrected chi connectivity index (χ2v) is 12.6. The van der Waals surface area contributed by atoms with Gasteiger partial charge in [0.15, 0.2) is 0 Å². The molecule has 0 aromatic heterocycles. The zero-order valence-corrected chi connectivity index (χ0v) is 17.0. The van der Waals surface area contributed by atoms with E-state index in [0.29, 0.717) is 33.8 Å². The molecule has 0 unspecified atom stereocenters. The van der Waals surface area contributed by atoms with Crippen molar-refractivity contribution in [3.63, 3.8) is 0 Å². The number of hydrogen-bond acceptors (Lipinski definition) is 3. The molecule has 0 amide bonds. The van der Waals surface area contributed by atoms with Gasteiger partial charge in [0.2, 0.25) is 0 Å². The highest BCUT2D eigenvalue weighted by atomic mass is 35.5. The summed E-state index contributed by atoms with van der Waals surface area (Å²) in [7, 11) is -2.03. The van der Waals surface area contributed by atoms with Crippen LogP contribution in [0.15, 0.2) is 18.2 Å². The Balaban J connectivity index is 3.16. The van der Waals surface area contributed by atoms with Crippen LogP contribution in [-0.4, -0.2) is 20.9 Å². The Morgan fingerprint density at radius 3 is 2.00 bits per heavy atom. The Kier molecular flexibility index (Phi) is 7.15. The topological polar surface area (TPSA) is 35.5 Å². The molecule has 0 fully saturated rings. The van der Waals surface area contributed by atoms with Crippen molar-refractivity contribution >= 4 is 25.9 Å². The first-order chi connectivity index (χ1) is 10.7. The molecule has 0 atom stereocenters. The van der Waals surface area contributed by atoms with Crippen LogP contribution in [0.1, 0.15) is 58.8 Å². The van der Waals surface area contributed by atoms with Gasteiger partial charge in [-0.25, -0.2) is 4.79 Å². The lowest BCUT2D eigenvalue weighted by Gasteiger charge is -2.54. The van der Waals surface area contributed by atoms with Gasteiger partial charge in [0, 0.05) is 8.32 Å². The zero-order valence-electron chi connectivity index (χ0n) is 15.3. The van der Waals surface area contributed by atoms with Gasteiger partial charge in [-0.1, -0.05) is 53.1 Å². The van der Waals surface area contributed by atoms with Gasteiger partial charge < -0.3 is 9.16 Å². The predicted octanol–water partition coefficient (Wildman–Crippen LogP) is 6.07. The van der Waals surface area contributed by atoms with Gasteiger partial charge in [-0.3, -0.25) is 0 Å². The second-order valence-electron chi connectivity index (χ2n) is 6.78. The molecule has 23 heavy (non-hydrogen) atoms. The number of rotatable bonds is 7. The third-order valence-corrected chi connectivity index (χ3v) is 10.8. The number of hydrogen-bond donors (Lipinski definition) is 0. The molecular weight excluding hydrogens is 328 g/mol. The number of esters is 1. The fraction of sp³-hybridized carbons (Fsp3) is 0.611. The van der Waals surface area contributed by atoms with Crippen molar-refractivity contribution in [3.8, 4) is 5.75 Å². The van der Waals surface area contributed by atoms with Crippen LogP contribution in [0.5, 0.6) is 5.75 Å². The van der Waals surface area contributed by atoms with Gasteiger partial charge in [0.1, 0.15) is 0 Å². The minimum absolute atomic E-state index is 0.331. The maximum absolute atomic E-state index is 11.8. The van der Waals surface area contributed by atoms with Crippen LogP contribution in [0, 0.1) is 0 Å². The summed E-state index contributed by atoms with van der Waals surface area (Å²) in [5, 5.41) is 0.375. The highest BCUT2D eigenvalue weighted by molar-refractivity contribution is 6.78. The van der Waals surface area contributed by atoms with Crippen LogP contribution < -0.4 is 4.43 Å². The number of ether oxygens (including phenoxy) is 1. The van der Waals surface area contributed by atoms with E-state index in [1.807, 2.05) is 6.07 Å². The zero-order chi connectivity index (χ0) is 17.8. The molecule has 0 aliphatic carbocycles. The summed E-state index contributed by atoms with van der Waals surface area (Å²) in [5.74, 6) is 0.343. The van der Waals surface area contributed by atoms with Crippen LogP contribution in [0.2, 0.25) is 21.6 Å². The minimum atomic E-state index is -2.03. The molecule has 131 valence electrons. The molecule has 0 N–H and O–H groups in total. The van der Waals surface area contributed by atoms with Gasteiger partial charge in [-0.2, -0.15) is 0 Å². The van der Waals surface area contributed by atoms with E-state index < -0.39 is 14.3 Å². The van der Waals surface area contributed by atoms with E-state index in [1.165, 1.54) is 0 Å². The predicted molar refractivity (Wildman–Crippen MR) is 99.1 cm³/mol. The van der Waals surface area contributed by atoms with Crippen molar-refractivity contribution in [1.29, 1.82) is 0 Å². The lowest BCUT2D eigenvalue weighted by molar-refractivity contribution is 0.0526. The minimum Gasteiger partial charge on any atom is -0.688 e. The molecule has 0 bridgehead atoms. The molecule has 0 aliphatic heterocycles. The largest absolute Gasteiger partial charge is 0.688 e. The average Bonchev–Trinajstić information content (AvgIpc) is 2.43. The van der Waals surface area contributed by atoms with E-state index in [2.05, 4.69) is 41.5 Å². The fourth-order valence-electron chi connectivity index (χ4n) is 3.49. The molecular formula is C18H29ClO3Si-. The Morgan fingerprint density at radius 2 is 1.61 bits per heavy atom. The lowest BCUT2D eigenvalue weighted by Crippen LogP contribution is -2.50. The smallest absolute Gasteiger partial charge is 0.339 e. The Labute approximate surface area is 146 Å². The standard InChI is InChI=1S/C18H29ClO3Si/c1-8-21-18(20)16-10-9-15(11-17(16)19)22-23(12(2)3,13(4)5)14(6)7/h9-14H,8H2,1-7H3/q-1. The van der Waals surface area contributed by atoms with Crippen molar-refractivity contribution < 1.29 is 14.0 Å². The van der Waals surface area contributed by atoms with Crippen LogP contribution in [0.3, 0.4) is 0 Å². The second kappa shape index (κ2) is 8.20. The van der Waals surface area contributed by atoms with Gasteiger partial charge >= 0.3 is 5.97 Å². The maximum atomic E-state index is 11.8. The molecule has 0 spiro atoms. The van der Waals surface area contributed by atoms with E-state index in [9.17, 15) is 4.79 Å². The third-order valence-electron chi connectivity index (χ3n) is 4.44. The fourth-order valence-corrected chi connectivity index (χ4v) is 8.98. The van der Waals surface area contributed by atoms with Gasteiger partial charge in [0.25, 0.3) is 0 Å². The molecule has 1 aromatic rings. The Hall–Kier alpha value is -1.00. The first-order valence-electron chi connectivity index (χ1n) is 8.32. The summed E-state index contributed by atoms with van der Waals surface area (Å²) < 4.78 is 11.6. The summed E-state index contributed by atoms with van der Waals surface area (Å²) in [4.78, 5) is 11.8. The number of carbonyl (C=O) groups is 1. The van der Waals surface area contributed by atoms with E-state index in [4.69, 9.17) is 20.8 Å². The summed E-state index contributed by atoms with van der Waals surface area (Å²) >= 11 is 6.26. The van der Waals surface area contributed by atoms with Gasteiger partial charge in [0.05, 0.1) is 22.9 Å². The summed E-state index contributed by atoms with van der Waals surface area (Å²) in [6.45, 7) is 15.5. The van der Waals surface area contributed by atoms with Crippen LogP contribution in [-0.2, 0) is 4.74 Å². The van der Waals surface area contributed by atoms with Crippen molar-refractivity contribution in [1.82, 2.24) is 0 Å². The Morgan fingerprint density at radius 1 is 1.09 bits per heavy atom. The van der Waals surface area contributed by atoms with Crippen molar-refractivity contribution in [2.75, 3.05) is 6.61 Å². The van der Waals surface area contributed by atoms with Crippen LogP contribution in [0.25, 0.3) is 0 Å². The SMILES string of the molecule is CCOC(=O)c1ccc(O[Si-](C(C)C)(C(C)C)C(C)C)cc1Cl. The molecule has 5 heteroatoms. The number of halogens is 1. The molecule has 0 heterocycles.